The van der Waals surface area contributed by atoms with Crippen LogP contribution in [0, 0.1) is 23.2 Å². The van der Waals surface area contributed by atoms with Gasteiger partial charge in [-0.05, 0) is 0 Å². The van der Waals surface area contributed by atoms with Crippen molar-refractivity contribution < 1.29 is 9.18 Å². The van der Waals surface area contributed by atoms with Gasteiger partial charge in [-0.3, -0.25) is 0 Å². The molecule has 0 aromatic heterocycles. The van der Waals surface area contributed by atoms with Crippen molar-refractivity contribution >= 4 is 6.29 Å². The van der Waals surface area contributed by atoms with Crippen molar-refractivity contribution in [1.82, 2.24) is 0 Å². The fourth-order valence-corrected chi connectivity index (χ4v) is 1.59. The van der Waals surface area contributed by atoms with Gasteiger partial charge in [-0.1, -0.05) is 44.2 Å². The zero-order valence-electron chi connectivity index (χ0n) is 9.35. The molecule has 0 aliphatic carbocycles. The number of hydrogen-bond acceptors (Lipinski definition) is 2. The number of halogens is 1. The molecular formula is C13H14FNO. The van der Waals surface area contributed by atoms with Gasteiger partial charge in [0, 0.05) is 17.4 Å². The van der Waals surface area contributed by atoms with E-state index in [-0.39, 0.29) is 0 Å². The van der Waals surface area contributed by atoms with Crippen molar-refractivity contribution in [2.24, 2.45) is 11.8 Å². The number of carbonyl (C=O) groups excluding carboxylic acids is 1. The molecule has 0 heterocycles. The fourth-order valence-electron chi connectivity index (χ4n) is 1.59. The van der Waals surface area contributed by atoms with Gasteiger partial charge in [0.15, 0.2) is 0 Å². The Kier molecular flexibility index (Phi) is 3.78. The number of alkyl halides is 1. The largest absolute Gasteiger partial charge is 0.303 e. The van der Waals surface area contributed by atoms with Crippen molar-refractivity contribution in [2.45, 2.75) is 19.5 Å². The van der Waals surface area contributed by atoms with Crippen molar-refractivity contribution in [2.75, 3.05) is 0 Å². The Labute approximate surface area is 94.7 Å². The Morgan fingerprint density at radius 1 is 1.38 bits per heavy atom. The third-order valence-corrected chi connectivity index (χ3v) is 2.99. The highest BCUT2D eigenvalue weighted by molar-refractivity contribution is 5.54. The number of nitriles is 1. The second kappa shape index (κ2) is 4.89. The van der Waals surface area contributed by atoms with Gasteiger partial charge in [0.1, 0.15) is 12.4 Å². The Morgan fingerprint density at radius 3 is 2.38 bits per heavy atom. The minimum Gasteiger partial charge on any atom is -0.303 e. The molecule has 1 rings (SSSR count). The average Bonchev–Trinajstić information content (AvgIpc) is 2.37. The highest BCUT2D eigenvalue weighted by Gasteiger charge is 2.41. The summed E-state index contributed by atoms with van der Waals surface area (Å²) in [6.07, 6.45) is 0.680. The molecule has 1 aromatic rings. The Hall–Kier alpha value is -1.69. The van der Waals surface area contributed by atoms with E-state index in [9.17, 15) is 9.18 Å². The van der Waals surface area contributed by atoms with Crippen LogP contribution in [-0.4, -0.2) is 6.29 Å². The summed E-state index contributed by atoms with van der Waals surface area (Å²) in [6.45, 7) is 3.20. The van der Waals surface area contributed by atoms with Crippen LogP contribution in [-0.2, 0) is 10.5 Å². The summed E-state index contributed by atoms with van der Waals surface area (Å²) in [4.78, 5) is 10.7. The van der Waals surface area contributed by atoms with E-state index in [2.05, 4.69) is 0 Å². The number of rotatable bonds is 4. The van der Waals surface area contributed by atoms with Gasteiger partial charge in [0.25, 0.3) is 0 Å². The molecular weight excluding hydrogens is 205 g/mol. The molecule has 3 atom stereocenters. The number of benzene rings is 1. The quantitative estimate of drug-likeness (QED) is 0.730. The van der Waals surface area contributed by atoms with Crippen molar-refractivity contribution in [3.8, 4) is 6.07 Å². The zero-order chi connectivity index (χ0) is 12.2. The highest BCUT2D eigenvalue weighted by atomic mass is 19.1. The first-order chi connectivity index (χ1) is 7.56. The topological polar surface area (TPSA) is 40.9 Å². The first-order valence-corrected chi connectivity index (χ1v) is 5.17. The third kappa shape index (κ3) is 2.11. The molecule has 84 valence electrons. The van der Waals surface area contributed by atoms with Crippen LogP contribution in [0.15, 0.2) is 30.3 Å². The molecule has 0 saturated carbocycles. The summed E-state index contributed by atoms with van der Waals surface area (Å²) in [5, 5.41) is 9.01. The van der Waals surface area contributed by atoms with Crippen LogP contribution in [0.3, 0.4) is 0 Å². The normalized spacial score (nSPS) is 17.9. The summed E-state index contributed by atoms with van der Waals surface area (Å²) in [7, 11) is 0. The third-order valence-electron chi connectivity index (χ3n) is 2.99. The lowest BCUT2D eigenvalue weighted by Crippen LogP contribution is -2.32. The predicted molar refractivity (Wildman–Crippen MR) is 59.2 cm³/mol. The molecule has 0 spiro atoms. The summed E-state index contributed by atoms with van der Waals surface area (Å²) >= 11 is 0. The zero-order valence-corrected chi connectivity index (χ0v) is 9.35. The number of carbonyl (C=O) groups is 1. The molecule has 0 amide bonds. The lowest BCUT2D eigenvalue weighted by Gasteiger charge is -2.27. The highest BCUT2D eigenvalue weighted by Crippen LogP contribution is 2.37. The Bertz CT molecular complexity index is 398. The maximum Gasteiger partial charge on any atom is 0.224 e. The van der Waals surface area contributed by atoms with Crippen LogP contribution < -0.4 is 0 Å². The maximum absolute atomic E-state index is 14.6. The van der Waals surface area contributed by atoms with Gasteiger partial charge in [-0.15, -0.1) is 0 Å². The second-order valence-corrected chi connectivity index (χ2v) is 3.97. The van der Waals surface area contributed by atoms with E-state index < -0.39 is 17.5 Å². The molecule has 0 bridgehead atoms. The number of aldehydes is 1. The summed E-state index contributed by atoms with van der Waals surface area (Å²) < 4.78 is 14.6. The van der Waals surface area contributed by atoms with Crippen LogP contribution in [0.1, 0.15) is 19.4 Å². The Morgan fingerprint density at radius 2 is 1.94 bits per heavy atom. The molecule has 1 aromatic carbocycles. The van der Waals surface area contributed by atoms with Crippen LogP contribution in [0.5, 0.6) is 0 Å². The van der Waals surface area contributed by atoms with E-state index in [0.717, 1.165) is 0 Å². The van der Waals surface area contributed by atoms with E-state index in [4.69, 9.17) is 5.26 Å². The molecule has 0 aliphatic heterocycles. The number of hydrogen-bond donors (Lipinski definition) is 0. The van der Waals surface area contributed by atoms with E-state index >= 15 is 0 Å². The summed E-state index contributed by atoms with van der Waals surface area (Å²) in [6, 6.07) is 9.94. The number of nitrogens with zero attached hydrogens (tertiary/aromatic N) is 1. The molecule has 0 saturated heterocycles. The van der Waals surface area contributed by atoms with Crippen LogP contribution in [0.2, 0.25) is 0 Å². The van der Waals surface area contributed by atoms with Gasteiger partial charge in [0.2, 0.25) is 5.67 Å². The second-order valence-electron chi connectivity index (χ2n) is 3.97. The molecule has 3 heteroatoms. The monoisotopic (exact) mass is 219 g/mol. The molecule has 0 aliphatic rings. The van der Waals surface area contributed by atoms with Crippen molar-refractivity contribution in [3.63, 3.8) is 0 Å². The molecule has 0 fully saturated rings. The minimum absolute atomic E-state index is 0.304. The van der Waals surface area contributed by atoms with Gasteiger partial charge < -0.3 is 4.79 Å². The molecule has 0 radical (unpaired) electrons. The predicted octanol–water partition coefficient (Wildman–Crippen LogP) is 2.85. The molecule has 16 heavy (non-hydrogen) atoms. The van der Waals surface area contributed by atoms with Crippen LogP contribution >= 0.6 is 0 Å². The van der Waals surface area contributed by atoms with Gasteiger partial charge in [0.05, 0.1) is 0 Å². The lowest BCUT2D eigenvalue weighted by atomic mass is 9.79. The fraction of sp³-hybridized carbons (Fsp3) is 0.385. The van der Waals surface area contributed by atoms with E-state index in [1.807, 2.05) is 0 Å². The Balaban J connectivity index is 3.13. The summed E-state index contributed by atoms with van der Waals surface area (Å²) in [5.74, 6) is -1.16. The minimum atomic E-state index is -2.11. The van der Waals surface area contributed by atoms with Gasteiger partial charge >= 0.3 is 0 Å². The lowest BCUT2D eigenvalue weighted by molar-refractivity contribution is -0.113. The molecule has 2 nitrogen and oxygen atoms in total. The summed E-state index contributed by atoms with van der Waals surface area (Å²) in [5.41, 5.74) is -1.81. The van der Waals surface area contributed by atoms with Gasteiger partial charge in [-0.25, -0.2) is 4.39 Å². The van der Waals surface area contributed by atoms with Crippen LogP contribution in [0.4, 0.5) is 4.39 Å². The smallest absolute Gasteiger partial charge is 0.224 e. The van der Waals surface area contributed by atoms with E-state index in [0.29, 0.717) is 11.8 Å². The van der Waals surface area contributed by atoms with Gasteiger partial charge in [-0.2, -0.15) is 5.26 Å². The maximum atomic E-state index is 14.6. The van der Waals surface area contributed by atoms with Crippen molar-refractivity contribution in [1.29, 1.82) is 5.26 Å². The van der Waals surface area contributed by atoms with E-state index in [1.54, 1.807) is 50.2 Å². The molecule has 0 N–H and O–H groups in total. The van der Waals surface area contributed by atoms with E-state index in [1.165, 1.54) is 0 Å². The standard InChI is InChI=1S/C13H14FNO/c1-10(8-16)11(2)13(14,9-15)12-6-4-3-5-7-12/h3-8,10-11H,1-2H3. The molecule has 3 unspecified atom stereocenters. The van der Waals surface area contributed by atoms with Crippen molar-refractivity contribution in [3.05, 3.63) is 35.9 Å². The average molecular weight is 219 g/mol. The SMILES string of the molecule is CC(C=O)C(C)C(F)(C#N)c1ccccc1. The first kappa shape index (κ1) is 12.4. The van der Waals surface area contributed by atoms with Crippen LogP contribution in [0.25, 0.3) is 0 Å². The first-order valence-electron chi connectivity index (χ1n) is 5.17.